The van der Waals surface area contributed by atoms with Crippen molar-refractivity contribution in [2.75, 3.05) is 6.26 Å². The summed E-state index contributed by atoms with van der Waals surface area (Å²) >= 11 is 0. The Hall–Kier alpha value is -0.724. The average Bonchev–Trinajstić information content (AvgIpc) is 2.69. The second kappa shape index (κ2) is 7.49. The van der Waals surface area contributed by atoms with Gasteiger partial charge in [-0.05, 0) is 31.0 Å². The molecule has 0 amide bonds. The van der Waals surface area contributed by atoms with Gasteiger partial charge in [0.2, 0.25) is 0 Å². The van der Waals surface area contributed by atoms with E-state index in [0.29, 0.717) is 18.4 Å². The molecular weight excluding hydrogens is 388 g/mol. The van der Waals surface area contributed by atoms with Crippen LogP contribution in [0.25, 0.3) is 0 Å². The molecule has 130 valence electrons. The summed E-state index contributed by atoms with van der Waals surface area (Å²) in [6, 6.07) is 1.74. The van der Waals surface area contributed by atoms with Crippen LogP contribution in [-0.2, 0) is 23.1 Å². The summed E-state index contributed by atoms with van der Waals surface area (Å²) < 4.78 is 62.9. The Morgan fingerprint density at radius 2 is 1.84 bits per heavy atom. The van der Waals surface area contributed by atoms with Crippen LogP contribution in [-0.4, -0.2) is 30.2 Å². The van der Waals surface area contributed by atoms with E-state index in [9.17, 15) is 31.5 Å². The maximum atomic E-state index is 12.8. The number of halogens is 3. The number of hydrogen-bond acceptors (Lipinski definition) is 5. The summed E-state index contributed by atoms with van der Waals surface area (Å²) in [6.07, 6.45) is -4.08. The van der Waals surface area contributed by atoms with E-state index in [2.05, 4.69) is 5.10 Å². The first-order valence-electron chi connectivity index (χ1n) is 6.50. The van der Waals surface area contributed by atoms with Crippen molar-refractivity contribution in [2.45, 2.75) is 18.0 Å². The third kappa shape index (κ3) is 4.52. The van der Waals surface area contributed by atoms with Gasteiger partial charge in [0.1, 0.15) is 0 Å². The number of sulfone groups is 1. The van der Waals surface area contributed by atoms with Gasteiger partial charge in [0.25, 0.3) is 0 Å². The van der Waals surface area contributed by atoms with Crippen LogP contribution in [0.5, 0.6) is 5.88 Å². The number of carbonyl (C=O) groups is 1. The summed E-state index contributed by atoms with van der Waals surface area (Å²) in [7, 11) is -2.84. The van der Waals surface area contributed by atoms with E-state index in [1.807, 2.05) is 0 Å². The minimum absolute atomic E-state index is 0. The molecule has 0 fully saturated rings. The van der Waals surface area contributed by atoms with Gasteiger partial charge < -0.3 is 5.11 Å². The number of nitrogens with zero attached hydrogens (tertiary/aromatic N) is 2. The third-order valence-electron chi connectivity index (χ3n) is 3.35. The van der Waals surface area contributed by atoms with Crippen LogP contribution >= 0.6 is 0 Å². The fraction of sp³-hybridized carbons (Fsp3) is 0.286. The quantitative estimate of drug-likeness (QED) is 0.460. The van der Waals surface area contributed by atoms with Crippen molar-refractivity contribution in [1.29, 1.82) is 0 Å². The summed E-state index contributed by atoms with van der Waals surface area (Å²) in [4.78, 5) is 11.7. The molecule has 1 aromatic heterocycles. The summed E-state index contributed by atoms with van der Waals surface area (Å²) in [6.45, 7) is 1.37. The largest absolute Gasteiger partial charge is 1.00 e. The van der Waals surface area contributed by atoms with E-state index < -0.39 is 43.7 Å². The smallest absolute Gasteiger partial charge is 0.858 e. The molecule has 1 aromatic carbocycles. The number of benzene rings is 1. The topological polar surface area (TPSA) is 92.1 Å². The normalized spacial score (nSPS) is 11.9. The van der Waals surface area contributed by atoms with E-state index in [1.165, 1.54) is 14.0 Å². The SMILES string of the molecule is Cc1nn(C)c([O-])c1C(=O)c1ccc(C(F)(F)F)cc1S(C)(=O)=O.[K+]. The molecule has 6 nitrogen and oxygen atoms in total. The van der Waals surface area contributed by atoms with Crippen LogP contribution in [0.1, 0.15) is 27.2 Å². The number of hydrogen-bond donors (Lipinski definition) is 0. The van der Waals surface area contributed by atoms with Crippen molar-refractivity contribution in [3.63, 3.8) is 0 Å². The zero-order valence-corrected chi connectivity index (χ0v) is 17.7. The number of ketones is 1. The minimum atomic E-state index is -4.77. The molecule has 0 saturated carbocycles. The second-order valence-electron chi connectivity index (χ2n) is 5.20. The third-order valence-corrected chi connectivity index (χ3v) is 4.49. The van der Waals surface area contributed by atoms with Gasteiger partial charge in [-0.2, -0.15) is 18.3 Å². The predicted molar refractivity (Wildman–Crippen MR) is 75.4 cm³/mol. The molecule has 0 aliphatic carbocycles. The Morgan fingerprint density at radius 1 is 1.28 bits per heavy atom. The first-order chi connectivity index (χ1) is 10.8. The van der Waals surface area contributed by atoms with Gasteiger partial charge >= 0.3 is 57.6 Å². The van der Waals surface area contributed by atoms with Gasteiger partial charge in [-0.15, -0.1) is 0 Å². The number of rotatable bonds is 3. The number of alkyl halides is 3. The van der Waals surface area contributed by atoms with Crippen molar-refractivity contribution in [1.82, 2.24) is 9.78 Å². The van der Waals surface area contributed by atoms with E-state index in [1.54, 1.807) is 0 Å². The zero-order chi connectivity index (χ0) is 18.4. The van der Waals surface area contributed by atoms with Crippen molar-refractivity contribution >= 4 is 15.6 Å². The Labute approximate surface area is 184 Å². The molecule has 0 aliphatic rings. The Kier molecular flexibility index (Phi) is 6.68. The maximum Gasteiger partial charge on any atom is 1.00 e. The van der Waals surface area contributed by atoms with Crippen molar-refractivity contribution in [3.05, 3.63) is 40.6 Å². The van der Waals surface area contributed by atoms with E-state index >= 15 is 0 Å². The van der Waals surface area contributed by atoms with Crippen LogP contribution in [0.2, 0.25) is 0 Å². The van der Waals surface area contributed by atoms with Gasteiger partial charge in [0, 0.05) is 18.9 Å². The molecule has 0 radical (unpaired) electrons. The molecule has 25 heavy (non-hydrogen) atoms. The molecule has 0 N–H and O–H groups in total. The second-order valence-corrected chi connectivity index (χ2v) is 7.18. The molecule has 0 spiro atoms. The number of aryl methyl sites for hydroxylation is 2. The Morgan fingerprint density at radius 3 is 2.24 bits per heavy atom. The van der Waals surface area contributed by atoms with E-state index in [4.69, 9.17) is 0 Å². The van der Waals surface area contributed by atoms with Crippen LogP contribution in [0.3, 0.4) is 0 Å². The van der Waals surface area contributed by atoms with Crippen molar-refractivity contribution < 1.29 is 82.9 Å². The summed E-state index contributed by atoms with van der Waals surface area (Å²) in [5, 5.41) is 15.7. The molecule has 0 atom stereocenters. The molecule has 0 saturated heterocycles. The van der Waals surface area contributed by atoms with Gasteiger partial charge in [-0.25, -0.2) is 8.42 Å². The molecule has 0 unspecified atom stereocenters. The fourth-order valence-corrected chi connectivity index (χ4v) is 3.13. The monoisotopic (exact) mass is 400 g/mol. The minimum Gasteiger partial charge on any atom is -0.858 e. The van der Waals surface area contributed by atoms with E-state index in [0.717, 1.165) is 10.7 Å². The summed E-state index contributed by atoms with van der Waals surface area (Å²) in [5.41, 5.74) is -2.02. The summed E-state index contributed by atoms with van der Waals surface area (Å²) in [5.74, 6) is -1.74. The molecule has 0 bridgehead atoms. The predicted octanol–water partition coefficient (Wildman–Crippen LogP) is -1.54. The first kappa shape index (κ1) is 22.3. The van der Waals surface area contributed by atoms with Crippen molar-refractivity contribution in [2.24, 2.45) is 7.05 Å². The van der Waals surface area contributed by atoms with Crippen LogP contribution in [0, 0.1) is 6.92 Å². The molecule has 11 heteroatoms. The van der Waals surface area contributed by atoms with Gasteiger partial charge in [-0.1, -0.05) is 0 Å². The van der Waals surface area contributed by atoms with Crippen LogP contribution < -0.4 is 56.5 Å². The maximum absolute atomic E-state index is 12.8. The standard InChI is InChI=1S/C14H13F3N2O4S.K/c1-7-11(13(21)19(2)18-7)12(20)9-5-4-8(14(15,16)17)6-10(9)24(3,22)23;/h4-6,21H,1-3H3;/q;+1/p-1. The average molecular weight is 400 g/mol. The van der Waals surface area contributed by atoms with Crippen LogP contribution in [0.4, 0.5) is 13.2 Å². The molecule has 0 aliphatic heterocycles. The first-order valence-corrected chi connectivity index (χ1v) is 8.39. The number of aromatic nitrogens is 2. The molecule has 1 heterocycles. The van der Waals surface area contributed by atoms with Crippen LogP contribution in [0.15, 0.2) is 23.1 Å². The molecule has 2 aromatic rings. The van der Waals surface area contributed by atoms with Gasteiger partial charge in [0.05, 0.1) is 21.7 Å². The van der Waals surface area contributed by atoms with Gasteiger partial charge in [-0.3, -0.25) is 9.48 Å². The van der Waals surface area contributed by atoms with Gasteiger partial charge in [0.15, 0.2) is 15.6 Å². The Balaban J connectivity index is 0.00000312. The van der Waals surface area contributed by atoms with E-state index in [-0.39, 0.29) is 62.6 Å². The molecular formula is C14H12F3KN2O4S. The number of carbonyl (C=O) groups excluding carboxylic acids is 1. The van der Waals surface area contributed by atoms with Crippen molar-refractivity contribution in [3.8, 4) is 5.88 Å². The Bertz CT molecular complexity index is 936. The zero-order valence-electron chi connectivity index (χ0n) is 13.8. The molecule has 2 rings (SSSR count). The fourth-order valence-electron chi connectivity index (χ4n) is 2.23.